The van der Waals surface area contributed by atoms with E-state index >= 15 is 0 Å². The number of pyridine rings is 1. The summed E-state index contributed by atoms with van der Waals surface area (Å²) in [4.78, 5) is 27.1. The average Bonchev–Trinajstić information content (AvgIpc) is 2.79. The van der Waals surface area contributed by atoms with Crippen molar-refractivity contribution in [2.24, 2.45) is 0 Å². The average molecular weight is 422 g/mol. The first kappa shape index (κ1) is 22.1. The Morgan fingerprint density at radius 1 is 0.968 bits per heavy atom. The molecule has 0 bridgehead atoms. The molecule has 3 rings (SSSR count). The van der Waals surface area contributed by atoms with Gasteiger partial charge in [0.2, 0.25) is 0 Å². The summed E-state index contributed by atoms with van der Waals surface area (Å²) in [5, 5.41) is 11.5. The monoisotopic (exact) mass is 422 g/mol. The maximum atomic E-state index is 13.3. The number of hydrogen-bond acceptors (Lipinski definition) is 5. The maximum absolute atomic E-state index is 13.3. The number of ether oxygens (including phenoxy) is 1. The van der Waals surface area contributed by atoms with Gasteiger partial charge in [-0.1, -0.05) is 12.1 Å². The van der Waals surface area contributed by atoms with Crippen LogP contribution >= 0.6 is 0 Å². The van der Waals surface area contributed by atoms with Crippen molar-refractivity contribution in [3.8, 4) is 5.75 Å². The van der Waals surface area contributed by atoms with Gasteiger partial charge in [-0.05, 0) is 73.5 Å². The third-order valence-electron chi connectivity index (χ3n) is 4.68. The molecular formula is C24H23FN2O4. The second kappa shape index (κ2) is 11.0. The Bertz CT molecular complexity index is 992. The smallest absolute Gasteiger partial charge is 0.317 e. The minimum absolute atomic E-state index is 0.102. The Balaban J connectivity index is 1.67. The number of nitrogens with one attached hydrogen (secondary N) is 1. The number of carboxylic acids is 1. The fourth-order valence-corrected chi connectivity index (χ4v) is 3.10. The standard InChI is InChI=1S/C24H23FN2O4/c25-20-7-3-17(4-8-20)22(2-1-13-27-16-23(28)29)31-21-9-5-18(6-10-21)24(30)19-11-14-26-15-12-19/h3-12,14-15,22,27H,1-2,13,16H2,(H,28,29). The summed E-state index contributed by atoms with van der Waals surface area (Å²) in [6.45, 7) is 0.418. The van der Waals surface area contributed by atoms with E-state index in [1.54, 1.807) is 60.9 Å². The minimum atomic E-state index is -0.910. The highest BCUT2D eigenvalue weighted by molar-refractivity contribution is 6.08. The molecule has 6 nitrogen and oxygen atoms in total. The molecule has 7 heteroatoms. The number of nitrogens with zero attached hydrogens (tertiary/aromatic N) is 1. The Labute approximate surface area is 179 Å². The molecule has 0 aliphatic rings. The molecule has 1 atom stereocenters. The lowest BCUT2D eigenvalue weighted by atomic mass is 10.0. The van der Waals surface area contributed by atoms with Crippen LogP contribution in [0.15, 0.2) is 73.1 Å². The first-order valence-electron chi connectivity index (χ1n) is 9.92. The van der Waals surface area contributed by atoms with Gasteiger partial charge in [0.25, 0.3) is 0 Å². The lowest BCUT2D eigenvalue weighted by Gasteiger charge is -2.20. The Hall–Kier alpha value is -3.58. The highest BCUT2D eigenvalue weighted by atomic mass is 19.1. The van der Waals surface area contributed by atoms with Crippen molar-refractivity contribution in [2.45, 2.75) is 18.9 Å². The van der Waals surface area contributed by atoms with Crippen LogP contribution in [0.4, 0.5) is 4.39 Å². The van der Waals surface area contributed by atoms with Crippen LogP contribution < -0.4 is 10.1 Å². The van der Waals surface area contributed by atoms with Gasteiger partial charge in [0.1, 0.15) is 17.7 Å². The fourth-order valence-electron chi connectivity index (χ4n) is 3.10. The van der Waals surface area contributed by atoms with E-state index in [9.17, 15) is 14.0 Å². The molecule has 0 aliphatic heterocycles. The summed E-state index contributed by atoms with van der Waals surface area (Å²) in [6.07, 6.45) is 4.09. The number of ketones is 1. The number of benzene rings is 2. The van der Waals surface area contributed by atoms with Crippen molar-refractivity contribution >= 4 is 11.8 Å². The molecule has 0 saturated heterocycles. The van der Waals surface area contributed by atoms with E-state index in [0.29, 0.717) is 36.3 Å². The summed E-state index contributed by atoms with van der Waals surface area (Å²) in [5.41, 5.74) is 1.91. The summed E-state index contributed by atoms with van der Waals surface area (Å²) in [5.74, 6) is -0.759. The number of rotatable bonds is 11. The molecule has 0 radical (unpaired) electrons. The molecule has 2 aromatic carbocycles. The molecule has 0 spiro atoms. The first-order chi connectivity index (χ1) is 15.0. The van der Waals surface area contributed by atoms with E-state index in [-0.39, 0.29) is 24.2 Å². The topological polar surface area (TPSA) is 88.5 Å². The number of hydrogen-bond donors (Lipinski definition) is 2. The van der Waals surface area contributed by atoms with Crippen molar-refractivity contribution in [1.29, 1.82) is 0 Å². The minimum Gasteiger partial charge on any atom is -0.486 e. The molecule has 0 aliphatic carbocycles. The van der Waals surface area contributed by atoms with E-state index in [4.69, 9.17) is 9.84 Å². The molecule has 0 amide bonds. The summed E-state index contributed by atoms with van der Waals surface area (Å²) in [6, 6.07) is 16.3. The van der Waals surface area contributed by atoms with Crippen molar-refractivity contribution in [3.05, 3.63) is 95.6 Å². The Morgan fingerprint density at radius 2 is 1.61 bits per heavy atom. The normalized spacial score (nSPS) is 11.6. The van der Waals surface area contributed by atoms with E-state index in [0.717, 1.165) is 5.56 Å². The largest absolute Gasteiger partial charge is 0.486 e. The Kier molecular flexibility index (Phi) is 7.84. The first-order valence-corrected chi connectivity index (χ1v) is 9.92. The number of carboxylic acid groups (broad SMARTS) is 1. The molecular weight excluding hydrogens is 399 g/mol. The number of carbonyl (C=O) groups is 2. The molecule has 1 heterocycles. The molecule has 31 heavy (non-hydrogen) atoms. The van der Waals surface area contributed by atoms with Crippen LogP contribution in [0.3, 0.4) is 0 Å². The zero-order valence-corrected chi connectivity index (χ0v) is 16.8. The van der Waals surface area contributed by atoms with E-state index in [1.807, 2.05) is 0 Å². The van der Waals surface area contributed by atoms with Crippen LogP contribution in [0.1, 0.15) is 40.4 Å². The van der Waals surface area contributed by atoms with Gasteiger partial charge in [0.15, 0.2) is 5.78 Å². The van der Waals surface area contributed by atoms with Crippen molar-refractivity contribution in [2.75, 3.05) is 13.1 Å². The molecule has 1 unspecified atom stereocenters. The van der Waals surface area contributed by atoms with E-state index < -0.39 is 5.97 Å². The quantitative estimate of drug-likeness (QED) is 0.358. The second-order valence-corrected chi connectivity index (χ2v) is 6.96. The van der Waals surface area contributed by atoms with Gasteiger partial charge in [-0.3, -0.25) is 14.6 Å². The van der Waals surface area contributed by atoms with Crippen LogP contribution in [0, 0.1) is 5.82 Å². The zero-order valence-electron chi connectivity index (χ0n) is 16.8. The molecule has 0 saturated carbocycles. The van der Waals surface area contributed by atoms with Crippen LogP contribution in [0.2, 0.25) is 0 Å². The molecule has 1 aromatic heterocycles. The summed E-state index contributed by atoms with van der Waals surface area (Å²) >= 11 is 0. The van der Waals surface area contributed by atoms with Gasteiger partial charge < -0.3 is 15.2 Å². The van der Waals surface area contributed by atoms with Crippen molar-refractivity contribution in [1.82, 2.24) is 10.3 Å². The predicted molar refractivity (Wildman–Crippen MR) is 114 cm³/mol. The third-order valence-corrected chi connectivity index (χ3v) is 4.68. The van der Waals surface area contributed by atoms with Gasteiger partial charge in [0.05, 0.1) is 6.54 Å². The zero-order chi connectivity index (χ0) is 22.1. The highest BCUT2D eigenvalue weighted by Crippen LogP contribution is 2.27. The molecule has 2 N–H and O–H groups in total. The second-order valence-electron chi connectivity index (χ2n) is 6.96. The van der Waals surface area contributed by atoms with Crippen LogP contribution in [0.5, 0.6) is 5.75 Å². The summed E-state index contributed by atoms with van der Waals surface area (Å²) < 4.78 is 19.4. The predicted octanol–water partition coefficient (Wildman–Crippen LogP) is 4.03. The lowest BCUT2D eigenvalue weighted by Crippen LogP contribution is -2.24. The van der Waals surface area contributed by atoms with Crippen LogP contribution in [0.25, 0.3) is 0 Å². The van der Waals surface area contributed by atoms with Gasteiger partial charge in [-0.25, -0.2) is 4.39 Å². The maximum Gasteiger partial charge on any atom is 0.317 e. The van der Waals surface area contributed by atoms with Crippen molar-refractivity contribution in [3.63, 3.8) is 0 Å². The van der Waals surface area contributed by atoms with Crippen LogP contribution in [-0.4, -0.2) is 34.9 Å². The van der Waals surface area contributed by atoms with Crippen molar-refractivity contribution < 1.29 is 23.8 Å². The summed E-state index contributed by atoms with van der Waals surface area (Å²) in [7, 11) is 0. The number of carbonyl (C=O) groups excluding carboxylic acids is 1. The van der Waals surface area contributed by atoms with Gasteiger partial charge >= 0.3 is 5.97 Å². The fraction of sp³-hybridized carbons (Fsp3) is 0.208. The number of aliphatic carboxylic acids is 1. The molecule has 0 fully saturated rings. The lowest BCUT2D eigenvalue weighted by molar-refractivity contribution is -0.135. The van der Waals surface area contributed by atoms with Gasteiger partial charge in [-0.2, -0.15) is 0 Å². The van der Waals surface area contributed by atoms with E-state index in [1.165, 1.54) is 12.1 Å². The SMILES string of the molecule is O=C(O)CNCCCC(Oc1ccc(C(=O)c2ccncc2)cc1)c1ccc(F)cc1. The molecule has 3 aromatic rings. The van der Waals surface area contributed by atoms with Gasteiger partial charge in [0, 0.05) is 23.5 Å². The highest BCUT2D eigenvalue weighted by Gasteiger charge is 2.15. The number of halogens is 1. The molecule has 160 valence electrons. The van der Waals surface area contributed by atoms with E-state index in [2.05, 4.69) is 10.3 Å². The third kappa shape index (κ3) is 6.72. The van der Waals surface area contributed by atoms with Gasteiger partial charge in [-0.15, -0.1) is 0 Å². The van der Waals surface area contributed by atoms with Crippen LogP contribution in [-0.2, 0) is 4.79 Å². The Morgan fingerprint density at radius 3 is 2.26 bits per heavy atom. The number of aromatic nitrogens is 1.